The van der Waals surface area contributed by atoms with Gasteiger partial charge in [-0.15, -0.1) is 22.9 Å². The van der Waals surface area contributed by atoms with Gasteiger partial charge in [-0.2, -0.15) is 0 Å². The first kappa shape index (κ1) is 11.5. The van der Waals surface area contributed by atoms with E-state index in [2.05, 4.69) is 10.3 Å². The Balaban J connectivity index is 2.27. The van der Waals surface area contributed by atoms with Crippen molar-refractivity contribution in [1.82, 2.24) is 4.98 Å². The molecule has 0 spiro atoms. The Kier molecular flexibility index (Phi) is 4.90. The van der Waals surface area contributed by atoms with E-state index in [-0.39, 0.29) is 5.91 Å². The van der Waals surface area contributed by atoms with Crippen molar-refractivity contribution in [3.63, 3.8) is 0 Å². The van der Waals surface area contributed by atoms with E-state index in [9.17, 15) is 4.79 Å². The number of aryl methyl sites for hydroxylation is 1. The van der Waals surface area contributed by atoms with Crippen molar-refractivity contribution in [1.29, 1.82) is 0 Å². The SMILES string of the molecule is Cc1cnc(NC(=O)CCCCCl)s1. The molecule has 1 rings (SSSR count). The highest BCUT2D eigenvalue weighted by atomic mass is 35.5. The van der Waals surface area contributed by atoms with Crippen molar-refractivity contribution >= 4 is 34.0 Å². The minimum Gasteiger partial charge on any atom is -0.302 e. The molecule has 0 saturated carbocycles. The molecule has 1 aromatic rings. The molecule has 3 nitrogen and oxygen atoms in total. The van der Waals surface area contributed by atoms with E-state index in [0.29, 0.717) is 17.4 Å². The third-order valence-corrected chi connectivity index (χ3v) is 2.75. The average molecular weight is 233 g/mol. The van der Waals surface area contributed by atoms with Gasteiger partial charge in [-0.05, 0) is 19.8 Å². The van der Waals surface area contributed by atoms with E-state index < -0.39 is 0 Å². The molecule has 5 heteroatoms. The van der Waals surface area contributed by atoms with Crippen LogP contribution in [0.2, 0.25) is 0 Å². The first-order valence-corrected chi connectivity index (χ1v) is 5.85. The van der Waals surface area contributed by atoms with Crippen molar-refractivity contribution in [2.24, 2.45) is 0 Å². The Morgan fingerprint density at radius 3 is 3.00 bits per heavy atom. The second-order valence-corrected chi connectivity index (χ2v) is 4.58. The van der Waals surface area contributed by atoms with E-state index in [1.165, 1.54) is 11.3 Å². The van der Waals surface area contributed by atoms with E-state index in [4.69, 9.17) is 11.6 Å². The Labute approximate surface area is 92.5 Å². The second-order valence-electron chi connectivity index (χ2n) is 2.97. The van der Waals surface area contributed by atoms with Gasteiger partial charge in [0.1, 0.15) is 0 Å². The summed E-state index contributed by atoms with van der Waals surface area (Å²) in [6, 6.07) is 0. The predicted octanol–water partition coefficient (Wildman–Crippen LogP) is 2.80. The summed E-state index contributed by atoms with van der Waals surface area (Å²) in [6.07, 6.45) is 3.98. The van der Waals surface area contributed by atoms with Crippen LogP contribution in [0.4, 0.5) is 5.13 Å². The van der Waals surface area contributed by atoms with E-state index in [0.717, 1.165) is 17.7 Å². The van der Waals surface area contributed by atoms with E-state index in [1.54, 1.807) is 6.20 Å². The molecule has 1 heterocycles. The number of nitrogens with zero attached hydrogens (tertiary/aromatic N) is 1. The number of hydrogen-bond acceptors (Lipinski definition) is 3. The van der Waals surface area contributed by atoms with Crippen LogP contribution in [-0.2, 0) is 4.79 Å². The molecule has 0 aliphatic heterocycles. The smallest absolute Gasteiger partial charge is 0.226 e. The molecule has 1 amide bonds. The monoisotopic (exact) mass is 232 g/mol. The predicted molar refractivity (Wildman–Crippen MR) is 60.1 cm³/mol. The molecular weight excluding hydrogens is 220 g/mol. The molecule has 0 aliphatic carbocycles. The summed E-state index contributed by atoms with van der Waals surface area (Å²) in [7, 11) is 0. The number of nitrogens with one attached hydrogen (secondary N) is 1. The molecule has 78 valence electrons. The third kappa shape index (κ3) is 4.07. The first-order valence-electron chi connectivity index (χ1n) is 4.50. The zero-order chi connectivity index (χ0) is 10.4. The van der Waals surface area contributed by atoms with Gasteiger partial charge in [0.25, 0.3) is 0 Å². The fourth-order valence-corrected chi connectivity index (χ4v) is 1.84. The third-order valence-electron chi connectivity index (χ3n) is 1.66. The summed E-state index contributed by atoms with van der Waals surface area (Å²) in [6.45, 7) is 1.96. The van der Waals surface area contributed by atoms with Crippen LogP contribution < -0.4 is 5.32 Å². The van der Waals surface area contributed by atoms with E-state index >= 15 is 0 Å². The van der Waals surface area contributed by atoms with Crippen molar-refractivity contribution in [3.8, 4) is 0 Å². The molecule has 0 aliphatic rings. The number of aromatic nitrogens is 1. The molecule has 0 radical (unpaired) electrons. The Morgan fingerprint density at radius 1 is 1.64 bits per heavy atom. The minimum atomic E-state index is 0.0180. The molecular formula is C9H13ClN2OS. The fourth-order valence-electron chi connectivity index (χ4n) is 0.974. The van der Waals surface area contributed by atoms with Crippen molar-refractivity contribution in [2.45, 2.75) is 26.2 Å². The highest BCUT2D eigenvalue weighted by molar-refractivity contribution is 7.15. The molecule has 1 aromatic heterocycles. The number of alkyl halides is 1. The summed E-state index contributed by atoms with van der Waals surface area (Å²) in [5, 5.41) is 3.43. The largest absolute Gasteiger partial charge is 0.302 e. The minimum absolute atomic E-state index is 0.0180. The number of hydrogen-bond donors (Lipinski definition) is 1. The maximum Gasteiger partial charge on any atom is 0.226 e. The van der Waals surface area contributed by atoms with Crippen LogP contribution >= 0.6 is 22.9 Å². The lowest BCUT2D eigenvalue weighted by Gasteiger charge is -1.99. The number of unbranched alkanes of at least 4 members (excludes halogenated alkanes) is 1. The number of carbonyl (C=O) groups is 1. The molecule has 0 unspecified atom stereocenters. The van der Waals surface area contributed by atoms with Gasteiger partial charge in [0.15, 0.2) is 5.13 Å². The van der Waals surface area contributed by atoms with Crippen LogP contribution in [0, 0.1) is 6.92 Å². The van der Waals surface area contributed by atoms with Gasteiger partial charge >= 0.3 is 0 Å². The topological polar surface area (TPSA) is 42.0 Å². The summed E-state index contributed by atoms with van der Waals surface area (Å²) >= 11 is 6.99. The number of halogens is 1. The molecule has 0 atom stereocenters. The van der Waals surface area contributed by atoms with E-state index in [1.807, 2.05) is 6.92 Å². The van der Waals surface area contributed by atoms with Crippen LogP contribution in [0.25, 0.3) is 0 Å². The van der Waals surface area contributed by atoms with Crippen molar-refractivity contribution < 1.29 is 4.79 Å². The van der Waals surface area contributed by atoms with Gasteiger partial charge in [-0.3, -0.25) is 4.79 Å². The van der Waals surface area contributed by atoms with Crippen LogP contribution in [-0.4, -0.2) is 16.8 Å². The molecule has 0 saturated heterocycles. The zero-order valence-corrected chi connectivity index (χ0v) is 9.62. The molecule has 1 N–H and O–H groups in total. The Morgan fingerprint density at radius 2 is 2.43 bits per heavy atom. The van der Waals surface area contributed by atoms with Gasteiger partial charge in [0.2, 0.25) is 5.91 Å². The lowest BCUT2D eigenvalue weighted by Crippen LogP contribution is -2.10. The van der Waals surface area contributed by atoms with Crippen molar-refractivity contribution in [2.75, 3.05) is 11.2 Å². The lowest BCUT2D eigenvalue weighted by atomic mass is 10.2. The van der Waals surface area contributed by atoms with Gasteiger partial charge in [0.05, 0.1) is 0 Å². The summed E-state index contributed by atoms with van der Waals surface area (Å²) in [4.78, 5) is 16.5. The number of rotatable bonds is 5. The second kappa shape index (κ2) is 5.98. The average Bonchev–Trinajstić information content (AvgIpc) is 2.52. The highest BCUT2D eigenvalue weighted by Crippen LogP contribution is 2.16. The number of anilines is 1. The molecule has 0 aromatic carbocycles. The zero-order valence-electron chi connectivity index (χ0n) is 8.05. The number of carbonyl (C=O) groups excluding carboxylic acids is 1. The number of thiazole rings is 1. The maximum atomic E-state index is 11.3. The van der Waals surface area contributed by atoms with Crippen LogP contribution in [0.1, 0.15) is 24.1 Å². The van der Waals surface area contributed by atoms with Gasteiger partial charge in [0, 0.05) is 23.4 Å². The van der Waals surface area contributed by atoms with Crippen LogP contribution in [0.5, 0.6) is 0 Å². The Hall–Kier alpha value is -0.610. The Bertz CT molecular complexity index is 301. The molecule has 0 bridgehead atoms. The fraction of sp³-hybridized carbons (Fsp3) is 0.556. The standard InChI is InChI=1S/C9H13ClN2OS/c1-7-6-11-9(14-7)12-8(13)4-2-3-5-10/h6H,2-5H2,1H3,(H,11,12,13). The first-order chi connectivity index (χ1) is 6.72. The summed E-state index contributed by atoms with van der Waals surface area (Å²) in [5.74, 6) is 0.633. The molecule has 14 heavy (non-hydrogen) atoms. The summed E-state index contributed by atoms with van der Waals surface area (Å²) < 4.78 is 0. The van der Waals surface area contributed by atoms with Gasteiger partial charge in [-0.25, -0.2) is 4.98 Å². The number of amides is 1. The highest BCUT2D eigenvalue weighted by Gasteiger charge is 2.04. The maximum absolute atomic E-state index is 11.3. The quantitative estimate of drug-likeness (QED) is 0.627. The normalized spacial score (nSPS) is 10.1. The molecule has 0 fully saturated rings. The van der Waals surface area contributed by atoms with Crippen LogP contribution in [0.3, 0.4) is 0 Å². The lowest BCUT2D eigenvalue weighted by molar-refractivity contribution is -0.116. The van der Waals surface area contributed by atoms with Crippen LogP contribution in [0.15, 0.2) is 6.20 Å². The summed E-state index contributed by atoms with van der Waals surface area (Å²) in [5.41, 5.74) is 0. The van der Waals surface area contributed by atoms with Gasteiger partial charge < -0.3 is 5.32 Å². The van der Waals surface area contributed by atoms with Gasteiger partial charge in [-0.1, -0.05) is 0 Å². The van der Waals surface area contributed by atoms with Crippen molar-refractivity contribution in [3.05, 3.63) is 11.1 Å².